The van der Waals surface area contributed by atoms with Gasteiger partial charge in [0.1, 0.15) is 12.4 Å². The maximum absolute atomic E-state index is 9.32. The maximum atomic E-state index is 9.32. The average molecular weight is 207 g/mol. The molecule has 0 fully saturated rings. The molecule has 80 valence electrons. The van der Waals surface area contributed by atoms with Gasteiger partial charge in [0, 0.05) is 4.91 Å². The fraction of sp³-hybridized carbons (Fsp3) is 0.400. The van der Waals surface area contributed by atoms with Crippen LogP contribution in [-0.2, 0) is 0 Å². The van der Waals surface area contributed by atoms with Crippen LogP contribution >= 0.6 is 0 Å². The minimum absolute atomic E-state index is 0.0301. The molecule has 0 unspecified atom stereocenters. The lowest BCUT2D eigenvalue weighted by Crippen LogP contribution is -2.20. The highest BCUT2D eigenvalue weighted by molar-refractivity contribution is 5.27. The van der Waals surface area contributed by atoms with Gasteiger partial charge in [-0.05, 0) is 30.2 Å². The first kappa shape index (κ1) is 11.4. The van der Waals surface area contributed by atoms with Gasteiger partial charge in [-0.3, -0.25) is 0 Å². The molecular weight excluding hydrogens is 194 g/mol. The zero-order chi connectivity index (χ0) is 11.1. The lowest BCUT2D eigenvalue weighted by molar-refractivity contribution is 0.114. The fourth-order valence-electron chi connectivity index (χ4n) is 1.08. The Bertz CT molecular complexity index is 361. The second-order valence-electron chi connectivity index (χ2n) is 3.19. The SMILES string of the molecule is Cc1cccc(OC[C@H](O)CN=[N+]=[N-])c1. The first-order valence-corrected chi connectivity index (χ1v) is 4.61. The molecule has 0 radical (unpaired) electrons. The van der Waals surface area contributed by atoms with E-state index in [1.807, 2.05) is 31.2 Å². The molecule has 0 bridgehead atoms. The van der Waals surface area contributed by atoms with Crippen LogP contribution in [0.25, 0.3) is 10.4 Å². The normalized spacial score (nSPS) is 11.6. The number of rotatable bonds is 5. The Morgan fingerprint density at radius 1 is 1.60 bits per heavy atom. The molecule has 0 heterocycles. The van der Waals surface area contributed by atoms with Gasteiger partial charge in [-0.1, -0.05) is 17.2 Å². The number of benzene rings is 1. The molecule has 5 heteroatoms. The van der Waals surface area contributed by atoms with E-state index >= 15 is 0 Å². The van der Waals surface area contributed by atoms with E-state index < -0.39 is 6.10 Å². The van der Waals surface area contributed by atoms with Crippen LogP contribution in [0.3, 0.4) is 0 Å². The van der Waals surface area contributed by atoms with E-state index in [9.17, 15) is 5.11 Å². The van der Waals surface area contributed by atoms with Crippen LogP contribution in [0.4, 0.5) is 0 Å². The van der Waals surface area contributed by atoms with E-state index in [-0.39, 0.29) is 13.2 Å². The predicted molar refractivity (Wildman–Crippen MR) is 56.7 cm³/mol. The number of hydrogen-bond donors (Lipinski definition) is 1. The van der Waals surface area contributed by atoms with E-state index in [1.165, 1.54) is 0 Å². The Morgan fingerprint density at radius 3 is 3.07 bits per heavy atom. The van der Waals surface area contributed by atoms with Gasteiger partial charge in [0.15, 0.2) is 0 Å². The molecule has 0 amide bonds. The van der Waals surface area contributed by atoms with Crippen molar-refractivity contribution in [3.8, 4) is 5.75 Å². The molecular formula is C10H13N3O2. The first-order valence-electron chi connectivity index (χ1n) is 4.61. The summed E-state index contributed by atoms with van der Waals surface area (Å²) in [5.74, 6) is 0.704. The molecule has 0 saturated carbocycles. The summed E-state index contributed by atoms with van der Waals surface area (Å²) in [5.41, 5.74) is 9.14. The third-order valence-corrected chi connectivity index (χ3v) is 1.79. The van der Waals surface area contributed by atoms with Gasteiger partial charge in [-0.2, -0.15) is 0 Å². The first-order chi connectivity index (χ1) is 7.22. The van der Waals surface area contributed by atoms with Crippen LogP contribution in [-0.4, -0.2) is 24.4 Å². The van der Waals surface area contributed by atoms with Crippen molar-refractivity contribution in [1.82, 2.24) is 0 Å². The summed E-state index contributed by atoms with van der Waals surface area (Å²) in [5, 5.41) is 12.6. The van der Waals surface area contributed by atoms with Crippen molar-refractivity contribution >= 4 is 0 Å². The molecule has 0 aromatic heterocycles. The molecule has 5 nitrogen and oxygen atoms in total. The summed E-state index contributed by atoms with van der Waals surface area (Å²) in [7, 11) is 0. The molecule has 1 N–H and O–H groups in total. The highest BCUT2D eigenvalue weighted by Gasteiger charge is 2.03. The lowest BCUT2D eigenvalue weighted by Gasteiger charge is -2.10. The topological polar surface area (TPSA) is 78.2 Å². The Balaban J connectivity index is 2.39. The van der Waals surface area contributed by atoms with Crippen molar-refractivity contribution in [3.05, 3.63) is 40.3 Å². The second-order valence-corrected chi connectivity index (χ2v) is 3.19. The number of hydrogen-bond acceptors (Lipinski definition) is 3. The average Bonchev–Trinajstić information content (AvgIpc) is 2.23. The summed E-state index contributed by atoms with van der Waals surface area (Å²) in [6.07, 6.45) is -0.763. The maximum Gasteiger partial charge on any atom is 0.119 e. The molecule has 0 saturated heterocycles. The van der Waals surface area contributed by atoms with Gasteiger partial charge >= 0.3 is 0 Å². The summed E-state index contributed by atoms with van der Waals surface area (Å²) in [4.78, 5) is 2.55. The van der Waals surface area contributed by atoms with E-state index in [1.54, 1.807) is 0 Å². The van der Waals surface area contributed by atoms with E-state index in [0.717, 1.165) is 5.56 Å². The fourth-order valence-corrected chi connectivity index (χ4v) is 1.08. The van der Waals surface area contributed by atoms with E-state index in [4.69, 9.17) is 10.3 Å². The third kappa shape index (κ3) is 4.35. The molecule has 15 heavy (non-hydrogen) atoms. The van der Waals surface area contributed by atoms with Gasteiger partial charge < -0.3 is 9.84 Å². The number of nitrogens with zero attached hydrogens (tertiary/aromatic N) is 3. The Labute approximate surface area is 87.9 Å². The van der Waals surface area contributed by atoms with Crippen LogP contribution in [0.5, 0.6) is 5.75 Å². The minimum atomic E-state index is -0.763. The molecule has 1 atom stereocenters. The molecule has 1 aromatic carbocycles. The van der Waals surface area contributed by atoms with Crippen molar-refractivity contribution < 1.29 is 9.84 Å². The Kier molecular flexibility index (Phi) is 4.47. The van der Waals surface area contributed by atoms with Crippen LogP contribution in [0.2, 0.25) is 0 Å². The van der Waals surface area contributed by atoms with Crippen LogP contribution in [0.15, 0.2) is 29.4 Å². The smallest absolute Gasteiger partial charge is 0.119 e. The van der Waals surface area contributed by atoms with Gasteiger partial charge in [-0.25, -0.2) is 0 Å². The summed E-state index contributed by atoms with van der Waals surface area (Å²) < 4.78 is 5.31. The van der Waals surface area contributed by atoms with Crippen LogP contribution in [0.1, 0.15) is 5.56 Å². The van der Waals surface area contributed by atoms with Crippen molar-refractivity contribution in [3.63, 3.8) is 0 Å². The Morgan fingerprint density at radius 2 is 2.40 bits per heavy atom. The van der Waals surface area contributed by atoms with Crippen molar-refractivity contribution in [2.24, 2.45) is 5.11 Å². The molecule has 0 spiro atoms. The third-order valence-electron chi connectivity index (χ3n) is 1.79. The van der Waals surface area contributed by atoms with Gasteiger partial charge in [0.25, 0.3) is 0 Å². The molecule has 0 aliphatic rings. The molecule has 1 rings (SSSR count). The van der Waals surface area contributed by atoms with E-state index in [2.05, 4.69) is 10.0 Å². The number of ether oxygens (including phenoxy) is 1. The summed E-state index contributed by atoms with van der Waals surface area (Å²) in [6, 6.07) is 7.53. The van der Waals surface area contributed by atoms with Gasteiger partial charge in [0.05, 0.1) is 12.6 Å². The number of aliphatic hydroxyl groups is 1. The predicted octanol–water partition coefficient (Wildman–Crippen LogP) is 2.05. The summed E-state index contributed by atoms with van der Waals surface area (Å²) >= 11 is 0. The van der Waals surface area contributed by atoms with Crippen molar-refractivity contribution in [2.75, 3.05) is 13.2 Å². The van der Waals surface area contributed by atoms with Gasteiger partial charge in [0.2, 0.25) is 0 Å². The number of aryl methyl sites for hydroxylation is 1. The molecule has 0 aliphatic heterocycles. The quantitative estimate of drug-likeness (QED) is 0.455. The highest BCUT2D eigenvalue weighted by Crippen LogP contribution is 2.12. The number of azide groups is 1. The Hall–Kier alpha value is -1.71. The van der Waals surface area contributed by atoms with Crippen LogP contribution in [0, 0.1) is 6.92 Å². The highest BCUT2D eigenvalue weighted by atomic mass is 16.5. The van der Waals surface area contributed by atoms with Crippen molar-refractivity contribution in [2.45, 2.75) is 13.0 Å². The second kappa shape index (κ2) is 5.90. The molecule has 0 aliphatic carbocycles. The lowest BCUT2D eigenvalue weighted by atomic mass is 10.2. The largest absolute Gasteiger partial charge is 0.491 e. The summed E-state index contributed by atoms with van der Waals surface area (Å²) in [6.45, 7) is 2.12. The van der Waals surface area contributed by atoms with Crippen molar-refractivity contribution in [1.29, 1.82) is 0 Å². The van der Waals surface area contributed by atoms with Crippen LogP contribution < -0.4 is 4.74 Å². The number of aliphatic hydroxyl groups excluding tert-OH is 1. The van der Waals surface area contributed by atoms with E-state index in [0.29, 0.717) is 5.75 Å². The minimum Gasteiger partial charge on any atom is -0.491 e. The van der Waals surface area contributed by atoms with Gasteiger partial charge in [-0.15, -0.1) is 0 Å². The zero-order valence-corrected chi connectivity index (χ0v) is 8.50. The zero-order valence-electron chi connectivity index (χ0n) is 8.50. The molecule has 1 aromatic rings. The monoisotopic (exact) mass is 207 g/mol. The standard InChI is InChI=1S/C10H13N3O2/c1-8-3-2-4-10(5-8)15-7-9(14)6-12-13-11/h2-5,9,14H,6-7H2,1H3/t9-/m1/s1.